The van der Waals surface area contributed by atoms with Gasteiger partial charge in [0, 0.05) is 25.6 Å². The Labute approximate surface area is 206 Å². The van der Waals surface area contributed by atoms with Crippen LogP contribution in [0, 0.1) is 12.7 Å². The van der Waals surface area contributed by atoms with Gasteiger partial charge in [-0.25, -0.2) is 9.38 Å². The highest BCUT2D eigenvalue weighted by Crippen LogP contribution is 2.33. The van der Waals surface area contributed by atoms with E-state index >= 15 is 0 Å². The van der Waals surface area contributed by atoms with E-state index in [1.807, 2.05) is 13.0 Å². The van der Waals surface area contributed by atoms with E-state index in [2.05, 4.69) is 36.6 Å². The van der Waals surface area contributed by atoms with Gasteiger partial charge in [-0.15, -0.1) is 34.2 Å². The molecule has 2 N–H and O–H groups in total. The van der Waals surface area contributed by atoms with E-state index in [4.69, 9.17) is 0 Å². The van der Waals surface area contributed by atoms with Gasteiger partial charge < -0.3 is 15.2 Å². The van der Waals surface area contributed by atoms with Crippen LogP contribution in [0.15, 0.2) is 28.3 Å². The van der Waals surface area contributed by atoms with Gasteiger partial charge in [-0.05, 0) is 56.6 Å². The van der Waals surface area contributed by atoms with Crippen molar-refractivity contribution in [3.05, 3.63) is 41.0 Å². The number of aromatic nitrogens is 3. The Morgan fingerprint density at radius 3 is 2.71 bits per heavy atom. The van der Waals surface area contributed by atoms with Crippen molar-refractivity contribution in [3.63, 3.8) is 0 Å². The molecule has 6 nitrogen and oxygen atoms in total. The number of nitrogens with zero attached hydrogens (tertiary/aromatic N) is 4. The van der Waals surface area contributed by atoms with Crippen LogP contribution in [0.5, 0.6) is 0 Å². The van der Waals surface area contributed by atoms with E-state index in [-0.39, 0.29) is 29.8 Å². The zero-order chi connectivity index (χ0) is 21.3. The lowest BCUT2D eigenvalue weighted by molar-refractivity contribution is 0.460. The predicted molar refractivity (Wildman–Crippen MR) is 137 cm³/mol. The molecule has 1 fully saturated rings. The first-order chi connectivity index (χ1) is 14.6. The van der Waals surface area contributed by atoms with Crippen LogP contribution in [0.3, 0.4) is 0 Å². The lowest BCUT2D eigenvalue weighted by Gasteiger charge is -2.16. The molecule has 0 atom stereocenters. The Bertz CT molecular complexity index is 851. The first kappa shape index (κ1) is 25.9. The Kier molecular flexibility index (Phi) is 11.1. The van der Waals surface area contributed by atoms with Gasteiger partial charge in [0.15, 0.2) is 11.1 Å². The highest BCUT2D eigenvalue weighted by molar-refractivity contribution is 14.0. The maximum absolute atomic E-state index is 13.7. The van der Waals surface area contributed by atoms with Crippen molar-refractivity contribution in [2.24, 2.45) is 4.99 Å². The number of benzene rings is 1. The van der Waals surface area contributed by atoms with Gasteiger partial charge in [-0.2, -0.15) is 0 Å². The molecule has 0 saturated heterocycles. The Morgan fingerprint density at radius 1 is 1.26 bits per heavy atom. The number of aryl methyl sites for hydroxylation is 2. The molecule has 9 heteroatoms. The SMILES string of the molecule is CCNC(=NCc1ccc(C)c(F)c1)NCCCc1nnc(SC)n1C1CCCC1.I. The number of guanidine groups is 1. The Balaban J connectivity index is 0.00000341. The summed E-state index contributed by atoms with van der Waals surface area (Å²) in [4.78, 5) is 4.59. The second kappa shape index (κ2) is 13.2. The van der Waals surface area contributed by atoms with E-state index in [0.29, 0.717) is 18.2 Å². The van der Waals surface area contributed by atoms with Crippen molar-refractivity contribution in [2.75, 3.05) is 19.3 Å². The first-order valence-electron chi connectivity index (χ1n) is 10.9. The first-order valence-corrected chi connectivity index (χ1v) is 12.1. The quantitative estimate of drug-likeness (QED) is 0.151. The third-order valence-corrected chi connectivity index (χ3v) is 6.12. The summed E-state index contributed by atoms with van der Waals surface area (Å²) in [7, 11) is 0. The third-order valence-electron chi connectivity index (χ3n) is 5.48. The minimum absolute atomic E-state index is 0. The summed E-state index contributed by atoms with van der Waals surface area (Å²) in [5.41, 5.74) is 1.52. The topological polar surface area (TPSA) is 67.1 Å². The van der Waals surface area contributed by atoms with Crippen LogP contribution in [0.4, 0.5) is 4.39 Å². The number of aliphatic imine (C=N–C) groups is 1. The summed E-state index contributed by atoms with van der Waals surface area (Å²) in [6.07, 6.45) is 8.96. The lowest BCUT2D eigenvalue weighted by Crippen LogP contribution is -2.38. The lowest BCUT2D eigenvalue weighted by atomic mass is 10.1. The number of thioether (sulfide) groups is 1. The Morgan fingerprint density at radius 2 is 2.03 bits per heavy atom. The molecule has 1 saturated carbocycles. The molecule has 172 valence electrons. The van der Waals surface area contributed by atoms with Crippen molar-refractivity contribution in [2.45, 2.75) is 70.1 Å². The number of hydrogen-bond donors (Lipinski definition) is 2. The molecule has 1 heterocycles. The largest absolute Gasteiger partial charge is 0.357 e. The van der Waals surface area contributed by atoms with Crippen LogP contribution < -0.4 is 10.6 Å². The van der Waals surface area contributed by atoms with E-state index in [1.165, 1.54) is 25.7 Å². The molecule has 0 bridgehead atoms. The molecule has 0 aliphatic heterocycles. The van der Waals surface area contributed by atoms with Crippen LogP contribution in [0.2, 0.25) is 0 Å². The number of rotatable bonds is 9. The minimum atomic E-state index is -0.184. The second-order valence-corrected chi connectivity index (χ2v) is 8.49. The van der Waals surface area contributed by atoms with Gasteiger partial charge in [-0.3, -0.25) is 0 Å². The molecule has 0 spiro atoms. The average Bonchev–Trinajstić information content (AvgIpc) is 3.40. The maximum Gasteiger partial charge on any atom is 0.191 e. The Hall–Kier alpha value is -1.36. The van der Waals surface area contributed by atoms with Crippen molar-refractivity contribution in [1.29, 1.82) is 0 Å². The molecule has 0 unspecified atom stereocenters. The summed E-state index contributed by atoms with van der Waals surface area (Å²) >= 11 is 1.68. The smallest absolute Gasteiger partial charge is 0.191 e. The molecule has 1 aromatic heterocycles. The van der Waals surface area contributed by atoms with E-state index in [9.17, 15) is 4.39 Å². The third kappa shape index (κ3) is 7.34. The zero-order valence-corrected chi connectivity index (χ0v) is 21.8. The molecule has 1 aliphatic carbocycles. The van der Waals surface area contributed by atoms with E-state index < -0.39 is 0 Å². The highest BCUT2D eigenvalue weighted by atomic mass is 127. The van der Waals surface area contributed by atoms with E-state index in [1.54, 1.807) is 30.8 Å². The summed E-state index contributed by atoms with van der Waals surface area (Å²) < 4.78 is 16.1. The predicted octanol–water partition coefficient (Wildman–Crippen LogP) is 4.87. The fourth-order valence-electron chi connectivity index (χ4n) is 3.85. The van der Waals surface area contributed by atoms with Gasteiger partial charge in [0.05, 0.1) is 6.54 Å². The molecule has 31 heavy (non-hydrogen) atoms. The van der Waals surface area contributed by atoms with Gasteiger partial charge in [0.2, 0.25) is 0 Å². The fraction of sp³-hybridized carbons (Fsp3) is 0.591. The molecule has 0 amide bonds. The van der Waals surface area contributed by atoms with Crippen LogP contribution >= 0.6 is 35.7 Å². The van der Waals surface area contributed by atoms with Crippen LogP contribution in [0.1, 0.15) is 62.0 Å². The number of hydrogen-bond acceptors (Lipinski definition) is 4. The second-order valence-electron chi connectivity index (χ2n) is 7.72. The summed E-state index contributed by atoms with van der Waals surface area (Å²) in [6, 6.07) is 5.83. The fourth-order valence-corrected chi connectivity index (χ4v) is 4.42. The van der Waals surface area contributed by atoms with Gasteiger partial charge in [0.1, 0.15) is 11.6 Å². The van der Waals surface area contributed by atoms with Crippen molar-refractivity contribution in [1.82, 2.24) is 25.4 Å². The molecule has 0 radical (unpaired) electrons. The molecule has 3 rings (SSSR count). The maximum atomic E-state index is 13.7. The minimum Gasteiger partial charge on any atom is -0.357 e. The van der Waals surface area contributed by atoms with Gasteiger partial charge in [0.25, 0.3) is 0 Å². The monoisotopic (exact) mass is 560 g/mol. The van der Waals surface area contributed by atoms with Crippen molar-refractivity contribution in [3.8, 4) is 0 Å². The van der Waals surface area contributed by atoms with Crippen LogP contribution in [-0.2, 0) is 13.0 Å². The zero-order valence-electron chi connectivity index (χ0n) is 18.7. The average molecular weight is 561 g/mol. The van der Waals surface area contributed by atoms with Crippen molar-refractivity contribution < 1.29 is 4.39 Å². The molecule has 1 aliphatic rings. The summed E-state index contributed by atoms with van der Waals surface area (Å²) in [5.74, 6) is 1.65. The molecule has 2 aromatic rings. The summed E-state index contributed by atoms with van der Waals surface area (Å²) in [6.45, 7) is 5.82. The molecular formula is C22H34FIN6S. The molecule has 1 aromatic carbocycles. The van der Waals surface area contributed by atoms with Crippen molar-refractivity contribution >= 4 is 41.7 Å². The normalized spacial score (nSPS) is 14.5. The standard InChI is InChI=1S/C22H33FN6S.HI/c1-4-24-21(26-15-17-12-11-16(2)19(23)14-17)25-13-7-10-20-27-28-22(30-3)29(20)18-8-5-6-9-18;/h11-12,14,18H,4-10,13,15H2,1-3H3,(H2,24,25,26);1H. The number of nitrogens with one attached hydrogen (secondary N) is 2. The highest BCUT2D eigenvalue weighted by Gasteiger charge is 2.23. The summed E-state index contributed by atoms with van der Waals surface area (Å²) in [5, 5.41) is 16.5. The van der Waals surface area contributed by atoms with E-state index in [0.717, 1.165) is 48.4 Å². The van der Waals surface area contributed by atoms with Gasteiger partial charge >= 0.3 is 0 Å². The van der Waals surface area contributed by atoms with Crippen LogP contribution in [-0.4, -0.2) is 40.1 Å². The van der Waals surface area contributed by atoms with Crippen LogP contribution in [0.25, 0.3) is 0 Å². The number of halogens is 2. The molecular weight excluding hydrogens is 526 g/mol. The van der Waals surface area contributed by atoms with Gasteiger partial charge in [-0.1, -0.05) is 36.7 Å².